The normalized spacial score (nSPS) is 14.0. The monoisotopic (exact) mass is 379 g/mol. The second-order valence-corrected chi connectivity index (χ2v) is 6.76. The number of rotatable bonds is 2. The first-order valence-electron chi connectivity index (χ1n) is 7.56. The van der Waals surface area contributed by atoms with Crippen LogP contribution in [-0.2, 0) is 4.79 Å². The third kappa shape index (κ3) is 3.63. The zero-order valence-corrected chi connectivity index (χ0v) is 15.5. The molecule has 25 heavy (non-hydrogen) atoms. The first kappa shape index (κ1) is 19.2. The molecule has 0 atom stereocenters. The number of carbonyl (C=O) groups excluding carboxylic acids is 2. The lowest BCUT2D eigenvalue weighted by molar-refractivity contribution is -0.122. The van der Waals surface area contributed by atoms with Gasteiger partial charge in [0.1, 0.15) is 6.67 Å². The predicted molar refractivity (Wildman–Crippen MR) is 103 cm³/mol. The molecule has 2 N–H and O–H groups in total. The summed E-state index contributed by atoms with van der Waals surface area (Å²) in [5.74, 6) is -0.429. The number of amides is 2. The van der Waals surface area contributed by atoms with Gasteiger partial charge in [-0.2, -0.15) is 0 Å². The summed E-state index contributed by atoms with van der Waals surface area (Å²) in [5, 5.41) is 0.524. The molecule has 1 aliphatic heterocycles. The third-order valence-corrected chi connectivity index (χ3v) is 4.10. The Morgan fingerprint density at radius 2 is 1.84 bits per heavy atom. The molecule has 2 aromatic rings. The molecule has 1 heterocycles. The maximum Gasteiger partial charge on any atom is 0.261 e. The van der Waals surface area contributed by atoms with E-state index in [1.807, 2.05) is 0 Å². The fourth-order valence-electron chi connectivity index (χ4n) is 2.68. The van der Waals surface area contributed by atoms with E-state index in [1.54, 1.807) is 62.4 Å². The molecule has 0 aromatic heterocycles. The topological polar surface area (TPSA) is 66.6 Å². The van der Waals surface area contributed by atoms with Crippen LogP contribution in [0.1, 0.15) is 24.2 Å². The van der Waals surface area contributed by atoms with E-state index in [4.69, 9.17) is 17.3 Å². The predicted octanol–water partition coefficient (Wildman–Crippen LogP) is 3.45. The van der Waals surface area contributed by atoms with Crippen LogP contribution in [0, 0.1) is 0 Å². The zero-order chi connectivity index (χ0) is 17.5. The van der Waals surface area contributed by atoms with Crippen molar-refractivity contribution in [2.45, 2.75) is 19.4 Å². The molecule has 7 heteroatoms. The number of anilines is 2. The van der Waals surface area contributed by atoms with Gasteiger partial charge in [-0.05, 0) is 44.2 Å². The fraction of sp³-hybridized carbons (Fsp3) is 0.222. The molecule has 3 rings (SSSR count). The maximum absolute atomic E-state index is 12.9. The highest BCUT2D eigenvalue weighted by Crippen LogP contribution is 2.32. The van der Waals surface area contributed by atoms with Crippen molar-refractivity contribution in [1.82, 2.24) is 0 Å². The van der Waals surface area contributed by atoms with Gasteiger partial charge in [0, 0.05) is 10.7 Å². The Balaban J connectivity index is 0.00000225. The van der Waals surface area contributed by atoms with Crippen LogP contribution in [0.15, 0.2) is 48.5 Å². The second kappa shape index (κ2) is 7.04. The molecule has 0 aliphatic carbocycles. The smallest absolute Gasteiger partial charge is 0.261 e. The van der Waals surface area contributed by atoms with E-state index in [1.165, 1.54) is 9.80 Å². The summed E-state index contributed by atoms with van der Waals surface area (Å²) in [5.41, 5.74) is 6.61. The van der Waals surface area contributed by atoms with Crippen LogP contribution in [-0.4, -0.2) is 24.0 Å². The minimum Gasteiger partial charge on any atom is -0.318 e. The lowest BCUT2D eigenvalue weighted by atomic mass is 10.0. The number of hydrogen-bond donors (Lipinski definition) is 1. The average molecular weight is 380 g/mol. The fourth-order valence-corrected chi connectivity index (χ4v) is 2.87. The van der Waals surface area contributed by atoms with Crippen molar-refractivity contribution < 1.29 is 9.59 Å². The Morgan fingerprint density at radius 1 is 1.16 bits per heavy atom. The number of benzene rings is 2. The van der Waals surface area contributed by atoms with Crippen molar-refractivity contribution in [3.05, 3.63) is 59.1 Å². The van der Waals surface area contributed by atoms with Gasteiger partial charge in [0.2, 0.25) is 5.91 Å². The Kier molecular flexibility index (Phi) is 5.42. The minimum absolute atomic E-state index is 0. The largest absolute Gasteiger partial charge is 0.318 e. The molecule has 0 saturated heterocycles. The van der Waals surface area contributed by atoms with Crippen LogP contribution in [0.25, 0.3) is 0 Å². The molecule has 0 spiro atoms. The summed E-state index contributed by atoms with van der Waals surface area (Å²) in [6, 6.07) is 14.0. The average Bonchev–Trinajstić information content (AvgIpc) is 2.54. The summed E-state index contributed by atoms with van der Waals surface area (Å²) in [7, 11) is 0. The van der Waals surface area contributed by atoms with Crippen molar-refractivity contribution >= 4 is 47.2 Å². The molecule has 132 valence electrons. The number of fused-ring (bicyclic) bond motifs is 1. The molecule has 5 nitrogen and oxygen atoms in total. The molecular weight excluding hydrogens is 361 g/mol. The standard InChI is InChI=1S/C18H18ClN3O2.ClH/c1-18(2,20)17(24)22-11-21(13-7-5-6-12(19)10-13)16(23)14-8-3-4-9-15(14)22;/h3-10H,11,20H2,1-2H3;1H. The summed E-state index contributed by atoms with van der Waals surface area (Å²) in [4.78, 5) is 28.7. The van der Waals surface area contributed by atoms with Gasteiger partial charge in [-0.1, -0.05) is 29.8 Å². The first-order valence-corrected chi connectivity index (χ1v) is 7.94. The number of halogens is 2. The van der Waals surface area contributed by atoms with Gasteiger partial charge in [0.15, 0.2) is 0 Å². The lowest BCUT2D eigenvalue weighted by Gasteiger charge is -2.39. The van der Waals surface area contributed by atoms with E-state index in [2.05, 4.69) is 0 Å². The second-order valence-electron chi connectivity index (χ2n) is 6.33. The maximum atomic E-state index is 12.9. The number of hydrogen-bond acceptors (Lipinski definition) is 3. The van der Waals surface area contributed by atoms with Gasteiger partial charge < -0.3 is 5.73 Å². The van der Waals surface area contributed by atoms with E-state index < -0.39 is 5.54 Å². The SMILES string of the molecule is CC(C)(N)C(=O)N1CN(c2cccc(Cl)c2)C(=O)c2ccccc21.Cl. The van der Waals surface area contributed by atoms with Crippen LogP contribution >= 0.6 is 24.0 Å². The Labute approximate surface area is 157 Å². The highest BCUT2D eigenvalue weighted by atomic mass is 35.5. The lowest BCUT2D eigenvalue weighted by Crippen LogP contribution is -2.57. The van der Waals surface area contributed by atoms with Crippen LogP contribution in [0.4, 0.5) is 11.4 Å². The first-order chi connectivity index (χ1) is 11.3. The van der Waals surface area contributed by atoms with Crippen LogP contribution in [0.3, 0.4) is 0 Å². The van der Waals surface area contributed by atoms with Gasteiger partial charge in [0.05, 0.1) is 16.8 Å². The van der Waals surface area contributed by atoms with Crippen LogP contribution < -0.4 is 15.5 Å². The molecular formula is C18H19Cl2N3O2. The summed E-state index contributed by atoms with van der Waals surface area (Å²) < 4.78 is 0. The Bertz CT molecular complexity index is 818. The van der Waals surface area contributed by atoms with E-state index in [0.29, 0.717) is 22.0 Å². The molecule has 0 fully saturated rings. The van der Waals surface area contributed by atoms with Gasteiger partial charge in [-0.15, -0.1) is 12.4 Å². The van der Waals surface area contributed by atoms with E-state index in [9.17, 15) is 9.59 Å². The molecule has 0 radical (unpaired) electrons. The number of nitrogens with two attached hydrogens (primary N) is 1. The van der Waals surface area contributed by atoms with Crippen molar-refractivity contribution in [3.63, 3.8) is 0 Å². The summed E-state index contributed by atoms with van der Waals surface area (Å²) in [6.45, 7) is 3.39. The van der Waals surface area contributed by atoms with E-state index in [-0.39, 0.29) is 30.9 Å². The van der Waals surface area contributed by atoms with Gasteiger partial charge in [-0.3, -0.25) is 19.4 Å². The quantitative estimate of drug-likeness (QED) is 0.868. The van der Waals surface area contributed by atoms with Crippen LogP contribution in [0.2, 0.25) is 5.02 Å². The van der Waals surface area contributed by atoms with Crippen molar-refractivity contribution in [3.8, 4) is 0 Å². The highest BCUT2D eigenvalue weighted by Gasteiger charge is 2.37. The van der Waals surface area contributed by atoms with Crippen molar-refractivity contribution in [2.75, 3.05) is 16.5 Å². The Morgan fingerprint density at radius 3 is 2.48 bits per heavy atom. The van der Waals surface area contributed by atoms with Crippen LogP contribution in [0.5, 0.6) is 0 Å². The summed E-state index contributed by atoms with van der Waals surface area (Å²) in [6.07, 6.45) is 0. The van der Waals surface area contributed by atoms with Gasteiger partial charge in [-0.25, -0.2) is 0 Å². The highest BCUT2D eigenvalue weighted by molar-refractivity contribution is 6.31. The molecule has 1 aliphatic rings. The number of para-hydroxylation sites is 1. The molecule has 2 aromatic carbocycles. The molecule has 0 saturated carbocycles. The number of nitrogens with zero attached hydrogens (tertiary/aromatic N) is 2. The molecule has 0 bridgehead atoms. The summed E-state index contributed by atoms with van der Waals surface area (Å²) >= 11 is 6.05. The zero-order valence-electron chi connectivity index (χ0n) is 13.9. The van der Waals surface area contributed by atoms with E-state index in [0.717, 1.165) is 0 Å². The van der Waals surface area contributed by atoms with E-state index >= 15 is 0 Å². The number of carbonyl (C=O) groups is 2. The molecule has 2 amide bonds. The van der Waals surface area contributed by atoms with Gasteiger partial charge in [0.25, 0.3) is 5.91 Å². The Hall–Kier alpha value is -2.08. The van der Waals surface area contributed by atoms with Crippen molar-refractivity contribution in [2.24, 2.45) is 5.73 Å². The van der Waals surface area contributed by atoms with Crippen molar-refractivity contribution in [1.29, 1.82) is 0 Å². The third-order valence-electron chi connectivity index (χ3n) is 3.87. The van der Waals surface area contributed by atoms with Gasteiger partial charge >= 0.3 is 0 Å². The minimum atomic E-state index is -1.05. The molecule has 0 unspecified atom stereocenters.